The molecule has 0 spiro atoms. The molecule has 0 fully saturated rings. The standard InChI is InChI=1S/C24H30ClN5O3S/c1-16(18-10-8-17(9-11-18)14-28-34(26,32)33)23(31)27-15-21-13-22(24(2,3)4)29-30(21)20-7-5-6-19(25)12-20/h5-13,16,28H,14-15H2,1-4H3,(H,27,31)(H2,26,32,33). The van der Waals surface area contributed by atoms with E-state index >= 15 is 0 Å². The molecule has 10 heteroatoms. The van der Waals surface area contributed by atoms with Gasteiger partial charge in [-0.3, -0.25) is 4.79 Å². The molecule has 0 bridgehead atoms. The number of nitrogens with two attached hydrogens (primary N) is 1. The molecular weight excluding hydrogens is 474 g/mol. The number of hydrogen-bond acceptors (Lipinski definition) is 4. The maximum absolute atomic E-state index is 12.9. The number of halogens is 1. The number of aromatic nitrogens is 2. The molecule has 0 saturated carbocycles. The average Bonchev–Trinajstić information content (AvgIpc) is 3.20. The number of nitrogens with one attached hydrogen (secondary N) is 2. The van der Waals surface area contributed by atoms with E-state index < -0.39 is 16.1 Å². The van der Waals surface area contributed by atoms with Crippen LogP contribution in [0.3, 0.4) is 0 Å². The minimum absolute atomic E-state index is 0.0866. The first kappa shape index (κ1) is 25.9. The molecule has 1 unspecified atom stereocenters. The van der Waals surface area contributed by atoms with Crippen molar-refractivity contribution in [2.24, 2.45) is 5.14 Å². The predicted octanol–water partition coefficient (Wildman–Crippen LogP) is 3.54. The van der Waals surface area contributed by atoms with Gasteiger partial charge in [0.15, 0.2) is 0 Å². The van der Waals surface area contributed by atoms with Crippen molar-refractivity contribution < 1.29 is 13.2 Å². The summed E-state index contributed by atoms with van der Waals surface area (Å²) >= 11 is 6.18. The van der Waals surface area contributed by atoms with Crippen LogP contribution in [-0.4, -0.2) is 24.1 Å². The van der Waals surface area contributed by atoms with Gasteiger partial charge in [-0.25, -0.2) is 9.82 Å². The highest BCUT2D eigenvalue weighted by atomic mass is 35.5. The van der Waals surface area contributed by atoms with Crippen LogP contribution in [0.1, 0.15) is 56.1 Å². The van der Waals surface area contributed by atoms with Crippen LogP contribution in [0.15, 0.2) is 54.6 Å². The van der Waals surface area contributed by atoms with E-state index in [4.69, 9.17) is 21.8 Å². The molecule has 1 aromatic heterocycles. The zero-order chi connectivity index (χ0) is 25.1. The van der Waals surface area contributed by atoms with Crippen molar-refractivity contribution in [3.8, 4) is 5.69 Å². The minimum Gasteiger partial charge on any atom is -0.350 e. The Kier molecular flexibility index (Phi) is 7.82. The van der Waals surface area contributed by atoms with Gasteiger partial charge < -0.3 is 5.32 Å². The van der Waals surface area contributed by atoms with Crippen molar-refractivity contribution in [2.75, 3.05) is 0 Å². The number of rotatable bonds is 8. The van der Waals surface area contributed by atoms with E-state index in [1.807, 2.05) is 35.9 Å². The van der Waals surface area contributed by atoms with Crippen LogP contribution in [0, 0.1) is 0 Å². The lowest BCUT2D eigenvalue weighted by Gasteiger charge is -2.14. The Balaban J connectivity index is 1.73. The van der Waals surface area contributed by atoms with E-state index in [-0.39, 0.29) is 17.9 Å². The van der Waals surface area contributed by atoms with E-state index in [2.05, 4.69) is 30.8 Å². The van der Waals surface area contributed by atoms with Crippen LogP contribution in [0.25, 0.3) is 5.69 Å². The van der Waals surface area contributed by atoms with Gasteiger partial charge in [-0.2, -0.15) is 18.2 Å². The Hall–Kier alpha value is -2.72. The third-order valence-corrected chi connectivity index (χ3v) is 6.18. The largest absolute Gasteiger partial charge is 0.350 e. The van der Waals surface area contributed by atoms with Crippen LogP contribution in [0.4, 0.5) is 0 Å². The van der Waals surface area contributed by atoms with Crippen molar-refractivity contribution in [1.82, 2.24) is 19.8 Å². The van der Waals surface area contributed by atoms with Gasteiger partial charge in [0, 0.05) is 17.0 Å². The molecule has 1 amide bonds. The Morgan fingerprint density at radius 3 is 2.38 bits per heavy atom. The molecular formula is C24H30ClN5O3S. The van der Waals surface area contributed by atoms with Crippen molar-refractivity contribution in [3.05, 3.63) is 82.1 Å². The van der Waals surface area contributed by atoms with Gasteiger partial charge in [-0.1, -0.05) is 62.7 Å². The van der Waals surface area contributed by atoms with Gasteiger partial charge >= 0.3 is 0 Å². The van der Waals surface area contributed by atoms with Gasteiger partial charge in [-0.05, 0) is 42.3 Å². The molecule has 8 nitrogen and oxygen atoms in total. The van der Waals surface area contributed by atoms with Gasteiger partial charge in [0.25, 0.3) is 10.2 Å². The maximum Gasteiger partial charge on any atom is 0.274 e. The zero-order valence-electron chi connectivity index (χ0n) is 19.7. The summed E-state index contributed by atoms with van der Waals surface area (Å²) in [6, 6.07) is 16.6. The average molecular weight is 504 g/mol. The smallest absolute Gasteiger partial charge is 0.274 e. The Morgan fingerprint density at radius 2 is 1.79 bits per heavy atom. The van der Waals surface area contributed by atoms with Crippen LogP contribution in [0.2, 0.25) is 5.02 Å². The van der Waals surface area contributed by atoms with E-state index in [1.165, 1.54) is 0 Å². The fourth-order valence-electron chi connectivity index (χ4n) is 3.33. The Bertz CT molecular complexity index is 1260. The number of carbonyl (C=O) groups excluding carboxylic acids is 1. The quantitative estimate of drug-likeness (QED) is 0.435. The minimum atomic E-state index is -3.76. The number of benzene rings is 2. The van der Waals surface area contributed by atoms with E-state index in [9.17, 15) is 13.2 Å². The summed E-state index contributed by atoms with van der Waals surface area (Å²) in [7, 11) is -3.76. The normalized spacial score (nSPS) is 13.0. The first-order valence-electron chi connectivity index (χ1n) is 10.8. The van der Waals surface area contributed by atoms with Crippen LogP contribution >= 0.6 is 11.6 Å². The summed E-state index contributed by atoms with van der Waals surface area (Å²) in [6.45, 7) is 8.47. The molecule has 1 heterocycles. The molecule has 0 aliphatic carbocycles. The molecule has 0 radical (unpaired) electrons. The molecule has 182 valence electrons. The number of carbonyl (C=O) groups is 1. The van der Waals surface area contributed by atoms with Gasteiger partial charge in [-0.15, -0.1) is 0 Å². The second kappa shape index (κ2) is 10.3. The topological polar surface area (TPSA) is 119 Å². The van der Waals surface area contributed by atoms with Gasteiger partial charge in [0.1, 0.15) is 0 Å². The first-order valence-corrected chi connectivity index (χ1v) is 12.8. The first-order chi connectivity index (χ1) is 15.8. The van der Waals surface area contributed by atoms with Crippen molar-refractivity contribution >= 4 is 27.7 Å². The second-order valence-corrected chi connectivity index (χ2v) is 11.0. The molecule has 0 aliphatic rings. The number of nitrogens with zero attached hydrogens (tertiary/aromatic N) is 2. The fraction of sp³-hybridized carbons (Fsp3) is 0.333. The monoisotopic (exact) mass is 503 g/mol. The Morgan fingerprint density at radius 1 is 1.12 bits per heavy atom. The molecule has 34 heavy (non-hydrogen) atoms. The zero-order valence-corrected chi connectivity index (χ0v) is 21.2. The van der Waals surface area contributed by atoms with E-state index in [1.54, 1.807) is 30.3 Å². The van der Waals surface area contributed by atoms with Crippen LogP contribution in [-0.2, 0) is 33.5 Å². The summed E-state index contributed by atoms with van der Waals surface area (Å²) in [6.07, 6.45) is 0. The summed E-state index contributed by atoms with van der Waals surface area (Å²) < 4.78 is 26.1. The molecule has 4 N–H and O–H groups in total. The lowest BCUT2D eigenvalue weighted by molar-refractivity contribution is -0.122. The van der Waals surface area contributed by atoms with Gasteiger partial charge in [0.2, 0.25) is 5.91 Å². The summed E-state index contributed by atoms with van der Waals surface area (Å²) in [5, 5.41) is 13.3. The van der Waals surface area contributed by atoms with Crippen molar-refractivity contribution in [1.29, 1.82) is 0 Å². The summed E-state index contributed by atoms with van der Waals surface area (Å²) in [5.41, 5.74) is 3.98. The maximum atomic E-state index is 12.9. The van der Waals surface area contributed by atoms with Crippen LogP contribution < -0.4 is 15.2 Å². The summed E-state index contributed by atoms with van der Waals surface area (Å²) in [4.78, 5) is 12.9. The van der Waals surface area contributed by atoms with Crippen molar-refractivity contribution in [2.45, 2.75) is 52.1 Å². The Labute approximate surface area is 205 Å². The number of amides is 1. The highest BCUT2D eigenvalue weighted by Crippen LogP contribution is 2.25. The van der Waals surface area contributed by atoms with Crippen LogP contribution in [0.5, 0.6) is 0 Å². The third-order valence-electron chi connectivity index (χ3n) is 5.40. The highest BCUT2D eigenvalue weighted by Gasteiger charge is 2.22. The molecule has 0 saturated heterocycles. The lowest BCUT2D eigenvalue weighted by atomic mass is 9.92. The third kappa shape index (κ3) is 6.89. The summed E-state index contributed by atoms with van der Waals surface area (Å²) in [5.74, 6) is -0.531. The lowest BCUT2D eigenvalue weighted by Crippen LogP contribution is -2.30. The second-order valence-electron chi connectivity index (χ2n) is 9.21. The molecule has 3 aromatic rings. The number of hydrogen-bond donors (Lipinski definition) is 3. The molecule has 1 atom stereocenters. The predicted molar refractivity (Wildman–Crippen MR) is 134 cm³/mol. The van der Waals surface area contributed by atoms with E-state index in [0.717, 1.165) is 28.2 Å². The molecule has 3 rings (SSSR count). The van der Waals surface area contributed by atoms with Crippen molar-refractivity contribution in [3.63, 3.8) is 0 Å². The van der Waals surface area contributed by atoms with Gasteiger partial charge in [0.05, 0.1) is 29.5 Å². The molecule has 2 aromatic carbocycles. The SMILES string of the molecule is CC(C(=O)NCc1cc(C(C)(C)C)nn1-c1cccc(Cl)c1)c1ccc(CNS(N)(=O)=O)cc1. The molecule has 0 aliphatic heterocycles. The van der Waals surface area contributed by atoms with E-state index in [0.29, 0.717) is 11.6 Å². The highest BCUT2D eigenvalue weighted by molar-refractivity contribution is 7.87. The fourth-order valence-corrected chi connectivity index (χ4v) is 3.89.